The molecule has 1 saturated heterocycles. The zero-order valence-corrected chi connectivity index (χ0v) is 22.4. The Labute approximate surface area is 222 Å². The smallest absolute Gasteiger partial charge is 0.143 e. The van der Waals surface area contributed by atoms with Crippen molar-refractivity contribution in [3.8, 4) is 5.75 Å². The van der Waals surface area contributed by atoms with Crippen LogP contribution in [0, 0.1) is 0 Å². The fraction of sp³-hybridized carbons (Fsp3) is 0.379. The van der Waals surface area contributed by atoms with E-state index < -0.39 is 0 Å². The maximum Gasteiger partial charge on any atom is 0.143 e. The molecule has 1 atom stereocenters. The average molecular weight is 515 g/mol. The Bertz CT molecular complexity index is 1040. The summed E-state index contributed by atoms with van der Waals surface area (Å²) in [5, 5.41) is 0. The highest BCUT2D eigenvalue weighted by atomic mass is 35.5. The van der Waals surface area contributed by atoms with E-state index in [9.17, 15) is 0 Å². The average Bonchev–Trinajstić information content (AvgIpc) is 3.22. The lowest BCUT2D eigenvalue weighted by Gasteiger charge is -2.32. The number of rotatable bonds is 7. The van der Waals surface area contributed by atoms with Gasteiger partial charge in [0.05, 0.1) is 5.69 Å². The van der Waals surface area contributed by atoms with E-state index in [-0.39, 0.29) is 24.8 Å². The molecule has 0 radical (unpaired) electrons. The number of likely N-dealkylation sites (tertiary alicyclic amines) is 1. The van der Waals surface area contributed by atoms with Crippen molar-refractivity contribution in [1.29, 1.82) is 0 Å². The molecule has 2 heterocycles. The monoisotopic (exact) mass is 513 g/mol. The van der Waals surface area contributed by atoms with Crippen LogP contribution in [0.3, 0.4) is 0 Å². The van der Waals surface area contributed by atoms with Crippen molar-refractivity contribution in [3.63, 3.8) is 0 Å². The van der Waals surface area contributed by atoms with Crippen LogP contribution < -0.4 is 14.5 Å². The summed E-state index contributed by atoms with van der Waals surface area (Å²) in [6, 6.07) is 26.7. The van der Waals surface area contributed by atoms with Gasteiger partial charge in [0.15, 0.2) is 0 Å². The van der Waals surface area contributed by atoms with Crippen LogP contribution in [-0.4, -0.2) is 44.7 Å². The van der Waals surface area contributed by atoms with Gasteiger partial charge in [-0.05, 0) is 74.7 Å². The number of ether oxygens (including phenoxy) is 1. The van der Waals surface area contributed by atoms with Crippen LogP contribution in [0.2, 0.25) is 0 Å². The topological polar surface area (TPSA) is 19.0 Å². The van der Waals surface area contributed by atoms with E-state index in [1.807, 2.05) is 0 Å². The zero-order valence-electron chi connectivity index (χ0n) is 20.7. The molecule has 0 amide bonds. The lowest BCUT2D eigenvalue weighted by Crippen LogP contribution is -2.39. The number of hydrogen-bond donors (Lipinski definition) is 0. The second-order valence-corrected chi connectivity index (χ2v) is 9.50. The minimum Gasteiger partial charge on any atom is -0.487 e. The first-order valence-electron chi connectivity index (χ1n) is 12.3. The highest BCUT2D eigenvalue weighted by Crippen LogP contribution is 2.40. The third-order valence-corrected chi connectivity index (χ3v) is 7.05. The van der Waals surface area contributed by atoms with E-state index in [0.717, 1.165) is 25.3 Å². The molecule has 3 aromatic carbocycles. The van der Waals surface area contributed by atoms with E-state index in [2.05, 4.69) is 102 Å². The summed E-state index contributed by atoms with van der Waals surface area (Å²) in [6.07, 6.45) is 4.88. The van der Waals surface area contributed by atoms with E-state index >= 15 is 0 Å². The lowest BCUT2D eigenvalue weighted by molar-refractivity contribution is 0.255. The summed E-state index contributed by atoms with van der Waals surface area (Å²) in [6.45, 7) is 4.00. The predicted molar refractivity (Wildman–Crippen MR) is 152 cm³/mol. The number of nitrogens with zero attached hydrogens (tertiary/aromatic N) is 3. The van der Waals surface area contributed by atoms with Crippen LogP contribution in [-0.2, 0) is 13.0 Å². The van der Waals surface area contributed by atoms with Crippen molar-refractivity contribution in [2.24, 2.45) is 0 Å². The minimum atomic E-state index is 0. The second kappa shape index (κ2) is 12.5. The van der Waals surface area contributed by atoms with Gasteiger partial charge in [-0.25, -0.2) is 0 Å². The van der Waals surface area contributed by atoms with Crippen LogP contribution in [0.1, 0.15) is 30.4 Å². The molecule has 2 aliphatic rings. The van der Waals surface area contributed by atoms with Gasteiger partial charge in [0.1, 0.15) is 12.4 Å². The molecule has 6 heteroatoms. The van der Waals surface area contributed by atoms with Gasteiger partial charge in [-0.3, -0.25) is 4.90 Å². The van der Waals surface area contributed by atoms with Crippen molar-refractivity contribution in [2.45, 2.75) is 38.3 Å². The van der Waals surface area contributed by atoms with Gasteiger partial charge in [-0.1, -0.05) is 42.5 Å². The molecule has 1 fully saturated rings. The Kier molecular flexibility index (Phi) is 9.73. The molecule has 0 aromatic heterocycles. The van der Waals surface area contributed by atoms with Crippen molar-refractivity contribution in [1.82, 2.24) is 4.90 Å². The highest BCUT2D eigenvalue weighted by Gasteiger charge is 2.29. The first kappa shape index (κ1) is 27.2. The molecule has 0 aliphatic carbocycles. The van der Waals surface area contributed by atoms with Gasteiger partial charge in [-0.15, -0.1) is 24.8 Å². The Morgan fingerprint density at radius 2 is 1.69 bits per heavy atom. The molecule has 2 aliphatic heterocycles. The van der Waals surface area contributed by atoms with E-state index in [4.69, 9.17) is 4.74 Å². The van der Waals surface area contributed by atoms with Gasteiger partial charge in [-0.2, -0.15) is 0 Å². The molecule has 5 rings (SSSR count). The van der Waals surface area contributed by atoms with Crippen LogP contribution in [0.4, 0.5) is 17.1 Å². The van der Waals surface area contributed by atoms with Crippen LogP contribution in [0.5, 0.6) is 5.75 Å². The summed E-state index contributed by atoms with van der Waals surface area (Å²) in [5.74, 6) is 0.985. The molecular formula is C29H37Cl2N3O. The molecule has 0 bridgehead atoms. The summed E-state index contributed by atoms with van der Waals surface area (Å²) < 4.78 is 6.18. The van der Waals surface area contributed by atoms with Gasteiger partial charge < -0.3 is 14.5 Å². The van der Waals surface area contributed by atoms with E-state index in [0.29, 0.717) is 12.6 Å². The number of anilines is 3. The number of para-hydroxylation sites is 3. The second-order valence-electron chi connectivity index (χ2n) is 9.50. The van der Waals surface area contributed by atoms with Crippen LogP contribution in [0.15, 0.2) is 72.8 Å². The van der Waals surface area contributed by atoms with Crippen molar-refractivity contribution in [2.75, 3.05) is 43.5 Å². The first-order chi connectivity index (χ1) is 16.2. The fourth-order valence-electron chi connectivity index (χ4n) is 5.26. The Balaban J connectivity index is 0.00000171. The standard InChI is InChI=1S/C29H35N3O.2ClH/c1-30(2)25-13-7-10-23(20-25)11-8-18-31-19-9-14-26(31)21-32-27-15-4-3-12-24(27)22-33-29-17-6-5-16-28(29)32;;/h3-7,10,12-13,15-17,20,26H,8-9,11,14,18-19,21-22H2,1-2H3;2*1H/t26-;;/m1../s1. The molecule has 0 spiro atoms. The number of halogens is 2. The Hall–Kier alpha value is -2.40. The summed E-state index contributed by atoms with van der Waals surface area (Å²) >= 11 is 0. The SMILES string of the molecule is CN(C)c1cccc(CCCN2CCC[C@@H]2CN2c3ccccc3COc3ccccc32)c1.Cl.Cl. The maximum atomic E-state index is 6.18. The third-order valence-electron chi connectivity index (χ3n) is 7.05. The maximum absolute atomic E-state index is 6.18. The van der Waals surface area contributed by atoms with Crippen LogP contribution >= 0.6 is 24.8 Å². The van der Waals surface area contributed by atoms with Crippen molar-refractivity contribution in [3.05, 3.63) is 83.9 Å². The normalized spacial score (nSPS) is 16.7. The minimum absolute atomic E-state index is 0. The first-order valence-corrected chi connectivity index (χ1v) is 12.3. The summed E-state index contributed by atoms with van der Waals surface area (Å²) in [5.41, 5.74) is 6.46. The summed E-state index contributed by atoms with van der Waals surface area (Å²) in [4.78, 5) is 7.40. The summed E-state index contributed by atoms with van der Waals surface area (Å²) in [7, 11) is 4.22. The number of benzene rings is 3. The molecular weight excluding hydrogens is 477 g/mol. The molecule has 188 valence electrons. The molecule has 0 saturated carbocycles. The molecule has 4 nitrogen and oxygen atoms in total. The molecule has 3 aromatic rings. The van der Waals surface area contributed by atoms with Gasteiger partial charge in [0.2, 0.25) is 0 Å². The molecule has 35 heavy (non-hydrogen) atoms. The van der Waals surface area contributed by atoms with Gasteiger partial charge in [0, 0.05) is 43.6 Å². The van der Waals surface area contributed by atoms with Crippen molar-refractivity contribution >= 4 is 41.9 Å². The van der Waals surface area contributed by atoms with E-state index in [1.165, 1.54) is 54.0 Å². The third kappa shape index (κ3) is 6.24. The van der Waals surface area contributed by atoms with Crippen LogP contribution in [0.25, 0.3) is 0 Å². The Morgan fingerprint density at radius 3 is 2.51 bits per heavy atom. The fourth-order valence-corrected chi connectivity index (χ4v) is 5.26. The Morgan fingerprint density at radius 1 is 0.914 bits per heavy atom. The van der Waals surface area contributed by atoms with Crippen molar-refractivity contribution < 1.29 is 4.74 Å². The zero-order chi connectivity index (χ0) is 22.6. The largest absolute Gasteiger partial charge is 0.487 e. The van der Waals surface area contributed by atoms with E-state index in [1.54, 1.807) is 0 Å². The number of hydrogen-bond acceptors (Lipinski definition) is 4. The molecule has 0 N–H and O–H groups in total. The lowest BCUT2D eigenvalue weighted by atomic mass is 10.1. The van der Waals surface area contributed by atoms with Gasteiger partial charge >= 0.3 is 0 Å². The van der Waals surface area contributed by atoms with Gasteiger partial charge in [0.25, 0.3) is 0 Å². The predicted octanol–water partition coefficient (Wildman–Crippen LogP) is 6.72. The highest BCUT2D eigenvalue weighted by molar-refractivity contribution is 5.85. The quantitative estimate of drug-likeness (QED) is 0.348. The number of fused-ring (bicyclic) bond motifs is 2. The number of aryl methyl sites for hydroxylation is 1. The molecule has 0 unspecified atom stereocenters.